The molecule has 0 atom stereocenters. The molecule has 0 radical (unpaired) electrons. The second kappa shape index (κ2) is 7.94. The lowest BCUT2D eigenvalue weighted by Crippen LogP contribution is -2.32. The Labute approximate surface area is 143 Å². The van der Waals surface area contributed by atoms with Crippen LogP contribution in [0.1, 0.15) is 5.56 Å². The Hall–Kier alpha value is -1.88. The van der Waals surface area contributed by atoms with E-state index in [-0.39, 0.29) is 11.0 Å². The number of halogens is 2. The highest BCUT2D eigenvalue weighted by Crippen LogP contribution is 2.16. The zero-order valence-electron chi connectivity index (χ0n) is 11.3. The molecule has 1 amide bonds. The quantitative estimate of drug-likeness (QED) is 0.631. The zero-order chi connectivity index (χ0) is 15.9. The summed E-state index contributed by atoms with van der Waals surface area (Å²) in [4.78, 5) is 11.8. The van der Waals surface area contributed by atoms with E-state index in [9.17, 15) is 4.79 Å². The highest BCUT2D eigenvalue weighted by atomic mass is 35.5. The van der Waals surface area contributed by atoms with Gasteiger partial charge in [-0.2, -0.15) is 0 Å². The van der Waals surface area contributed by atoms with Crippen molar-refractivity contribution in [1.82, 2.24) is 5.32 Å². The fourth-order valence-corrected chi connectivity index (χ4v) is 2.17. The molecular weight excluding hydrogens is 339 g/mol. The lowest BCUT2D eigenvalue weighted by Gasteiger charge is -2.08. The molecule has 0 heterocycles. The number of rotatable bonds is 3. The van der Waals surface area contributed by atoms with Crippen LogP contribution in [0.15, 0.2) is 54.6 Å². The number of carbonyl (C=O) groups is 1. The normalized spacial score (nSPS) is 10.5. The molecule has 6 heteroatoms. The molecule has 0 saturated heterocycles. The van der Waals surface area contributed by atoms with E-state index < -0.39 is 0 Å². The Balaban J connectivity index is 1.90. The monoisotopic (exact) mass is 350 g/mol. The zero-order valence-corrected chi connectivity index (χ0v) is 13.7. The van der Waals surface area contributed by atoms with Crippen molar-refractivity contribution < 1.29 is 4.79 Å². The first-order valence-electron chi connectivity index (χ1n) is 6.35. The highest BCUT2D eigenvalue weighted by Gasteiger charge is 2.02. The van der Waals surface area contributed by atoms with E-state index in [4.69, 9.17) is 35.4 Å². The lowest BCUT2D eigenvalue weighted by atomic mass is 10.2. The van der Waals surface area contributed by atoms with Crippen LogP contribution in [0.5, 0.6) is 0 Å². The molecule has 0 saturated carbocycles. The van der Waals surface area contributed by atoms with Gasteiger partial charge in [0.15, 0.2) is 5.11 Å². The predicted octanol–water partition coefficient (Wildman–Crippen LogP) is 4.52. The van der Waals surface area contributed by atoms with Crippen molar-refractivity contribution in [2.45, 2.75) is 0 Å². The van der Waals surface area contributed by atoms with Crippen molar-refractivity contribution in [2.24, 2.45) is 0 Å². The first kappa shape index (κ1) is 16.5. The van der Waals surface area contributed by atoms with Crippen molar-refractivity contribution in [3.8, 4) is 0 Å². The number of benzene rings is 2. The van der Waals surface area contributed by atoms with E-state index in [2.05, 4.69) is 10.6 Å². The van der Waals surface area contributed by atoms with Crippen molar-refractivity contribution in [1.29, 1.82) is 0 Å². The summed E-state index contributed by atoms with van der Waals surface area (Å²) in [5.74, 6) is -0.341. The molecule has 2 rings (SSSR count). The van der Waals surface area contributed by atoms with Gasteiger partial charge in [0.1, 0.15) is 0 Å². The van der Waals surface area contributed by atoms with Gasteiger partial charge in [-0.25, -0.2) is 0 Å². The first-order chi connectivity index (χ1) is 10.5. The van der Waals surface area contributed by atoms with Crippen LogP contribution in [-0.2, 0) is 4.79 Å². The van der Waals surface area contributed by atoms with Crippen LogP contribution in [0, 0.1) is 0 Å². The van der Waals surface area contributed by atoms with Crippen LogP contribution in [-0.4, -0.2) is 11.0 Å². The van der Waals surface area contributed by atoms with E-state index in [0.717, 1.165) is 11.3 Å². The molecule has 0 unspecified atom stereocenters. The van der Waals surface area contributed by atoms with E-state index in [1.165, 1.54) is 6.08 Å². The van der Waals surface area contributed by atoms with E-state index in [1.807, 2.05) is 18.2 Å². The molecule has 2 N–H and O–H groups in total. The highest BCUT2D eigenvalue weighted by molar-refractivity contribution is 7.80. The standard InChI is InChI=1S/C16H12Cl2N2OS/c17-12-6-8-13(9-7-12)19-16(22)20-15(21)10-5-11-3-1-2-4-14(11)18/h1-10H,(H2,19,20,21,22). The Bertz CT molecular complexity index is 714. The Morgan fingerprint density at radius 1 is 1.05 bits per heavy atom. The first-order valence-corrected chi connectivity index (χ1v) is 7.51. The molecule has 22 heavy (non-hydrogen) atoms. The van der Waals surface area contributed by atoms with E-state index in [0.29, 0.717) is 10.0 Å². The molecule has 112 valence electrons. The molecule has 2 aromatic rings. The number of hydrogen-bond acceptors (Lipinski definition) is 2. The fraction of sp³-hybridized carbons (Fsp3) is 0. The number of carbonyl (C=O) groups excluding carboxylic acids is 1. The molecule has 3 nitrogen and oxygen atoms in total. The van der Waals surface area contributed by atoms with Crippen LogP contribution < -0.4 is 10.6 Å². The van der Waals surface area contributed by atoms with Crippen LogP contribution in [0.4, 0.5) is 5.69 Å². The largest absolute Gasteiger partial charge is 0.332 e. The Morgan fingerprint density at radius 2 is 1.73 bits per heavy atom. The third-order valence-electron chi connectivity index (χ3n) is 2.66. The number of anilines is 1. The van der Waals surface area contributed by atoms with Gasteiger partial charge < -0.3 is 5.32 Å². The summed E-state index contributed by atoms with van der Waals surface area (Å²) in [5.41, 5.74) is 1.50. The molecule has 0 aliphatic rings. The number of hydrogen-bond donors (Lipinski definition) is 2. The summed E-state index contributed by atoms with van der Waals surface area (Å²) in [7, 11) is 0. The fourth-order valence-electron chi connectivity index (χ4n) is 1.62. The minimum Gasteiger partial charge on any atom is -0.332 e. The van der Waals surface area contributed by atoms with Crippen molar-refractivity contribution in [2.75, 3.05) is 5.32 Å². The van der Waals surface area contributed by atoms with Gasteiger partial charge >= 0.3 is 0 Å². The Morgan fingerprint density at radius 3 is 2.41 bits per heavy atom. The maximum absolute atomic E-state index is 11.8. The summed E-state index contributed by atoms with van der Waals surface area (Å²) in [6.07, 6.45) is 3.00. The molecular formula is C16H12Cl2N2OS. The number of thiocarbonyl (C=S) groups is 1. The van der Waals surface area contributed by atoms with Gasteiger partial charge in [-0.15, -0.1) is 0 Å². The number of amides is 1. The smallest absolute Gasteiger partial charge is 0.250 e. The topological polar surface area (TPSA) is 41.1 Å². The summed E-state index contributed by atoms with van der Waals surface area (Å²) in [6.45, 7) is 0. The van der Waals surface area contributed by atoms with Crippen molar-refractivity contribution in [3.05, 3.63) is 70.2 Å². The third-order valence-corrected chi connectivity index (χ3v) is 3.46. The average Bonchev–Trinajstić information content (AvgIpc) is 2.49. The average molecular weight is 351 g/mol. The SMILES string of the molecule is O=C(C=Cc1ccccc1Cl)NC(=S)Nc1ccc(Cl)cc1. The number of nitrogens with one attached hydrogen (secondary N) is 2. The lowest BCUT2D eigenvalue weighted by molar-refractivity contribution is -0.115. The van der Waals surface area contributed by atoms with E-state index >= 15 is 0 Å². The van der Waals surface area contributed by atoms with Gasteiger partial charge in [0.05, 0.1) is 0 Å². The van der Waals surface area contributed by atoms with Gasteiger partial charge in [-0.1, -0.05) is 41.4 Å². The second-order valence-electron chi connectivity index (χ2n) is 4.31. The van der Waals surface area contributed by atoms with Gasteiger partial charge in [0.25, 0.3) is 0 Å². The van der Waals surface area contributed by atoms with Crippen LogP contribution >= 0.6 is 35.4 Å². The molecule has 0 aromatic heterocycles. The maximum Gasteiger partial charge on any atom is 0.250 e. The van der Waals surface area contributed by atoms with Gasteiger partial charge in [0.2, 0.25) is 5.91 Å². The Kier molecular flexibility index (Phi) is 5.95. The van der Waals surface area contributed by atoms with Crippen molar-refractivity contribution in [3.63, 3.8) is 0 Å². The summed E-state index contributed by atoms with van der Waals surface area (Å²) < 4.78 is 0. The third kappa shape index (κ3) is 5.15. The summed E-state index contributed by atoms with van der Waals surface area (Å²) in [6, 6.07) is 14.2. The van der Waals surface area contributed by atoms with E-state index in [1.54, 1.807) is 36.4 Å². The predicted molar refractivity (Wildman–Crippen MR) is 96.3 cm³/mol. The maximum atomic E-state index is 11.8. The van der Waals surface area contributed by atoms with Gasteiger partial charge in [-0.05, 0) is 54.2 Å². The molecule has 2 aromatic carbocycles. The molecule has 0 spiro atoms. The van der Waals surface area contributed by atoms with Crippen LogP contribution in [0.3, 0.4) is 0 Å². The molecule has 0 bridgehead atoms. The molecule has 0 aliphatic carbocycles. The summed E-state index contributed by atoms with van der Waals surface area (Å²) >= 11 is 16.9. The minimum atomic E-state index is -0.341. The minimum absolute atomic E-state index is 0.205. The van der Waals surface area contributed by atoms with Gasteiger partial charge in [-0.3, -0.25) is 10.1 Å². The summed E-state index contributed by atoms with van der Waals surface area (Å²) in [5, 5.41) is 6.85. The second-order valence-corrected chi connectivity index (χ2v) is 5.56. The van der Waals surface area contributed by atoms with Crippen LogP contribution in [0.2, 0.25) is 10.0 Å². The van der Waals surface area contributed by atoms with Crippen molar-refractivity contribution >= 4 is 58.2 Å². The molecule has 0 fully saturated rings. The van der Waals surface area contributed by atoms with Gasteiger partial charge in [0, 0.05) is 21.8 Å². The van der Waals surface area contributed by atoms with Crippen LogP contribution in [0.25, 0.3) is 6.08 Å². The molecule has 0 aliphatic heterocycles.